The topological polar surface area (TPSA) is 34.1 Å². The van der Waals surface area contributed by atoms with Gasteiger partial charge < -0.3 is 0 Å². The van der Waals surface area contributed by atoms with Crippen molar-refractivity contribution in [2.24, 2.45) is 0 Å². The van der Waals surface area contributed by atoms with Crippen LogP contribution in [-0.2, 0) is 9.84 Å². The molecule has 0 saturated carbocycles. The summed E-state index contributed by atoms with van der Waals surface area (Å²) in [5.41, 5.74) is 0.717. The van der Waals surface area contributed by atoms with Gasteiger partial charge in [0.1, 0.15) is 0 Å². The van der Waals surface area contributed by atoms with Crippen LogP contribution in [0.15, 0.2) is 33.0 Å². The quantitative estimate of drug-likeness (QED) is 0.735. The lowest BCUT2D eigenvalue weighted by atomic mass is 10.2. The Morgan fingerprint density at radius 3 is 2.54 bits per heavy atom. The molecule has 1 aromatic rings. The van der Waals surface area contributed by atoms with Crippen LogP contribution in [0.1, 0.15) is 5.56 Å². The predicted molar refractivity (Wildman–Crippen MR) is 58.2 cm³/mol. The largest absolute Gasteiger partial charge is 0.219 e. The van der Waals surface area contributed by atoms with E-state index in [1.807, 2.05) is 0 Å². The predicted octanol–water partition coefficient (Wildman–Crippen LogP) is 2.93. The normalized spacial score (nSPS) is 18.2. The molecule has 0 fully saturated rings. The van der Waals surface area contributed by atoms with Crippen LogP contribution in [0.3, 0.4) is 0 Å². The molecule has 0 aromatic heterocycles. The molecule has 68 valence electrons. The number of rotatable bonds is 0. The van der Waals surface area contributed by atoms with Gasteiger partial charge in [0.25, 0.3) is 0 Å². The Morgan fingerprint density at radius 1 is 1.15 bits per heavy atom. The zero-order chi connectivity index (χ0) is 9.64. The molecule has 1 aromatic carbocycles. The van der Waals surface area contributed by atoms with Crippen molar-refractivity contribution in [2.45, 2.75) is 4.90 Å². The molecular weight excluding hydrogens is 320 g/mol. The Kier molecular flexibility index (Phi) is 2.13. The minimum Gasteiger partial charge on any atom is -0.219 e. The summed E-state index contributed by atoms with van der Waals surface area (Å²) in [7, 11) is -3.20. The first kappa shape index (κ1) is 9.43. The highest BCUT2D eigenvalue weighted by Gasteiger charge is 2.25. The van der Waals surface area contributed by atoms with E-state index in [0.717, 1.165) is 10.0 Å². The summed E-state index contributed by atoms with van der Waals surface area (Å²) in [6.07, 6.45) is 0. The molecule has 1 aliphatic rings. The van der Waals surface area contributed by atoms with Crippen LogP contribution >= 0.6 is 31.9 Å². The highest BCUT2D eigenvalue weighted by Crippen LogP contribution is 2.38. The van der Waals surface area contributed by atoms with Crippen LogP contribution in [0.25, 0.3) is 4.48 Å². The fourth-order valence-corrected chi connectivity index (χ4v) is 4.02. The van der Waals surface area contributed by atoms with E-state index in [2.05, 4.69) is 31.9 Å². The van der Waals surface area contributed by atoms with E-state index in [9.17, 15) is 8.42 Å². The van der Waals surface area contributed by atoms with E-state index >= 15 is 0 Å². The highest BCUT2D eigenvalue weighted by molar-refractivity contribution is 9.15. The van der Waals surface area contributed by atoms with Crippen molar-refractivity contribution in [2.75, 3.05) is 0 Å². The Balaban J connectivity index is 2.82. The lowest BCUT2D eigenvalue weighted by Gasteiger charge is -1.98. The van der Waals surface area contributed by atoms with Crippen molar-refractivity contribution >= 4 is 46.2 Å². The number of hydrogen-bond donors (Lipinski definition) is 0. The SMILES string of the molecule is O=S1(=O)C=C(Br)c2cc(Br)ccc21. The number of hydrogen-bond acceptors (Lipinski definition) is 2. The minimum absolute atomic E-state index is 0.363. The van der Waals surface area contributed by atoms with Crippen LogP contribution in [0.2, 0.25) is 0 Å². The summed E-state index contributed by atoms with van der Waals surface area (Å²) in [6, 6.07) is 5.09. The van der Waals surface area contributed by atoms with E-state index in [1.165, 1.54) is 5.41 Å². The van der Waals surface area contributed by atoms with Crippen LogP contribution in [-0.4, -0.2) is 8.42 Å². The third-order valence-corrected chi connectivity index (χ3v) is 4.73. The molecule has 0 N–H and O–H groups in total. The molecule has 0 aliphatic carbocycles. The molecule has 0 unspecified atom stereocenters. The molecule has 1 heterocycles. The molecule has 1 aliphatic heterocycles. The molecule has 0 atom stereocenters. The molecule has 0 saturated heterocycles. The number of sulfone groups is 1. The summed E-state index contributed by atoms with van der Waals surface area (Å²) in [5, 5.41) is 1.23. The lowest BCUT2D eigenvalue weighted by molar-refractivity contribution is 0.605. The molecule has 2 nitrogen and oxygen atoms in total. The summed E-state index contributed by atoms with van der Waals surface area (Å²) in [6.45, 7) is 0. The number of benzene rings is 1. The van der Waals surface area contributed by atoms with Gasteiger partial charge in [-0.2, -0.15) is 0 Å². The van der Waals surface area contributed by atoms with Crippen molar-refractivity contribution < 1.29 is 8.42 Å². The Labute approximate surface area is 92.8 Å². The first-order chi connectivity index (χ1) is 6.00. The fraction of sp³-hybridized carbons (Fsp3) is 0. The van der Waals surface area contributed by atoms with E-state index in [4.69, 9.17) is 0 Å². The number of halogens is 2. The molecule has 2 rings (SSSR count). The highest BCUT2D eigenvalue weighted by atomic mass is 79.9. The second-order valence-corrected chi connectivity index (χ2v) is 6.19. The van der Waals surface area contributed by atoms with Crippen molar-refractivity contribution in [1.29, 1.82) is 0 Å². The summed E-state index contributed by atoms with van der Waals surface area (Å²) in [5.74, 6) is 0. The average Bonchev–Trinajstić information content (AvgIpc) is 2.22. The molecule has 0 radical (unpaired) electrons. The van der Waals surface area contributed by atoms with Crippen molar-refractivity contribution in [3.63, 3.8) is 0 Å². The Bertz CT molecular complexity index is 503. The molecule has 0 amide bonds. The van der Waals surface area contributed by atoms with Crippen molar-refractivity contribution in [3.05, 3.63) is 33.6 Å². The van der Waals surface area contributed by atoms with E-state index < -0.39 is 9.84 Å². The van der Waals surface area contributed by atoms with Gasteiger partial charge in [0, 0.05) is 14.5 Å². The Hall–Kier alpha value is -0.130. The van der Waals surface area contributed by atoms with Crippen LogP contribution in [0.4, 0.5) is 0 Å². The van der Waals surface area contributed by atoms with Gasteiger partial charge in [-0.1, -0.05) is 15.9 Å². The van der Waals surface area contributed by atoms with Gasteiger partial charge in [-0.25, -0.2) is 8.42 Å². The van der Waals surface area contributed by atoms with Gasteiger partial charge in [0.05, 0.1) is 10.3 Å². The van der Waals surface area contributed by atoms with Crippen LogP contribution < -0.4 is 0 Å². The molecular formula is C8H4Br2O2S. The van der Waals surface area contributed by atoms with E-state index in [0.29, 0.717) is 9.38 Å². The van der Waals surface area contributed by atoms with E-state index in [1.54, 1.807) is 18.2 Å². The third-order valence-electron chi connectivity index (χ3n) is 1.76. The maximum Gasteiger partial charge on any atom is 0.201 e. The summed E-state index contributed by atoms with van der Waals surface area (Å²) in [4.78, 5) is 0.363. The standard InChI is InChI=1S/C8H4Br2O2S/c9-5-1-2-8-6(3-5)7(10)4-13(8,11)12/h1-4H. The van der Waals surface area contributed by atoms with Gasteiger partial charge >= 0.3 is 0 Å². The van der Waals surface area contributed by atoms with Gasteiger partial charge in [0.15, 0.2) is 0 Å². The second-order valence-electron chi connectivity index (χ2n) is 2.65. The molecule has 5 heteroatoms. The zero-order valence-corrected chi connectivity index (χ0v) is 10.3. The van der Waals surface area contributed by atoms with Crippen LogP contribution in [0.5, 0.6) is 0 Å². The third kappa shape index (κ3) is 1.49. The average molecular weight is 324 g/mol. The zero-order valence-electron chi connectivity index (χ0n) is 6.29. The lowest BCUT2D eigenvalue weighted by Crippen LogP contribution is -1.92. The molecule has 13 heavy (non-hydrogen) atoms. The van der Waals surface area contributed by atoms with Gasteiger partial charge in [-0.15, -0.1) is 0 Å². The molecule has 0 spiro atoms. The van der Waals surface area contributed by atoms with Crippen molar-refractivity contribution in [1.82, 2.24) is 0 Å². The second kappa shape index (κ2) is 2.93. The monoisotopic (exact) mass is 322 g/mol. The first-order valence-electron chi connectivity index (χ1n) is 3.43. The smallest absolute Gasteiger partial charge is 0.201 e. The van der Waals surface area contributed by atoms with Crippen LogP contribution in [0, 0.1) is 0 Å². The van der Waals surface area contributed by atoms with Gasteiger partial charge in [0.2, 0.25) is 9.84 Å². The minimum atomic E-state index is -3.20. The van der Waals surface area contributed by atoms with Crippen molar-refractivity contribution in [3.8, 4) is 0 Å². The Morgan fingerprint density at radius 2 is 1.85 bits per heavy atom. The van der Waals surface area contributed by atoms with Gasteiger partial charge in [-0.3, -0.25) is 0 Å². The first-order valence-corrected chi connectivity index (χ1v) is 6.56. The summed E-state index contributed by atoms with van der Waals surface area (Å²) >= 11 is 6.49. The van der Waals surface area contributed by atoms with E-state index in [-0.39, 0.29) is 0 Å². The van der Waals surface area contributed by atoms with Gasteiger partial charge in [-0.05, 0) is 34.1 Å². The maximum absolute atomic E-state index is 11.5. The number of fused-ring (bicyclic) bond motifs is 1. The summed E-state index contributed by atoms with van der Waals surface area (Å²) < 4.78 is 24.4. The fourth-order valence-electron chi connectivity index (χ4n) is 1.20. The molecule has 0 bridgehead atoms. The maximum atomic E-state index is 11.5.